The molecule has 0 saturated heterocycles. The minimum absolute atomic E-state index is 0.149. The van der Waals surface area contributed by atoms with E-state index in [0.29, 0.717) is 24.4 Å². The van der Waals surface area contributed by atoms with E-state index in [-0.39, 0.29) is 16.9 Å². The maximum atomic E-state index is 12.4. The molecule has 120 valence electrons. The van der Waals surface area contributed by atoms with Crippen molar-refractivity contribution in [3.63, 3.8) is 0 Å². The Kier molecular flexibility index (Phi) is 4.66. The molecular weight excluding hydrogens is 300 g/mol. The van der Waals surface area contributed by atoms with Crippen LogP contribution >= 0.6 is 0 Å². The van der Waals surface area contributed by atoms with E-state index in [1.165, 1.54) is 6.92 Å². The van der Waals surface area contributed by atoms with E-state index in [0.717, 1.165) is 11.1 Å². The smallest absolute Gasteiger partial charge is 0.262 e. The highest BCUT2D eigenvalue weighted by Crippen LogP contribution is 2.12. The van der Waals surface area contributed by atoms with Crippen LogP contribution in [0, 0.1) is 0 Å². The highest BCUT2D eigenvalue weighted by atomic mass is 16.1. The second-order valence-electron chi connectivity index (χ2n) is 5.72. The molecule has 1 heterocycles. The summed E-state index contributed by atoms with van der Waals surface area (Å²) in [6.45, 7) is 1.40. The van der Waals surface area contributed by atoms with Crippen molar-refractivity contribution in [2.24, 2.45) is 0 Å². The lowest BCUT2D eigenvalue weighted by atomic mass is 10.0. The van der Waals surface area contributed by atoms with Crippen molar-refractivity contribution in [1.82, 2.24) is 9.97 Å². The summed E-state index contributed by atoms with van der Waals surface area (Å²) in [4.78, 5) is 31.6. The summed E-state index contributed by atoms with van der Waals surface area (Å²) >= 11 is 0. The largest absolute Gasteiger partial charge is 0.310 e. The fourth-order valence-electron chi connectivity index (χ4n) is 2.72. The van der Waals surface area contributed by atoms with E-state index in [2.05, 4.69) is 9.97 Å². The van der Waals surface area contributed by atoms with Gasteiger partial charge in [-0.05, 0) is 18.1 Å². The molecule has 0 aliphatic rings. The predicted molar refractivity (Wildman–Crippen MR) is 93.4 cm³/mol. The van der Waals surface area contributed by atoms with E-state index in [1.54, 1.807) is 0 Å². The van der Waals surface area contributed by atoms with Gasteiger partial charge in [-0.15, -0.1) is 0 Å². The first kappa shape index (κ1) is 15.9. The maximum Gasteiger partial charge on any atom is 0.262 e. The number of H-pyrrole nitrogens is 1. The number of rotatable bonds is 5. The first-order valence-corrected chi connectivity index (χ1v) is 7.84. The summed E-state index contributed by atoms with van der Waals surface area (Å²) in [5.41, 5.74) is 2.39. The molecule has 0 atom stereocenters. The first-order chi connectivity index (χ1) is 11.6. The first-order valence-electron chi connectivity index (χ1n) is 7.84. The van der Waals surface area contributed by atoms with Crippen molar-refractivity contribution in [3.05, 3.63) is 99.2 Å². The Bertz CT molecular complexity index is 900. The van der Waals surface area contributed by atoms with Crippen LogP contribution in [0.3, 0.4) is 0 Å². The molecule has 0 saturated carbocycles. The summed E-state index contributed by atoms with van der Waals surface area (Å²) < 4.78 is 0. The molecule has 0 fully saturated rings. The van der Waals surface area contributed by atoms with Crippen LogP contribution in [0.2, 0.25) is 0 Å². The van der Waals surface area contributed by atoms with Gasteiger partial charge < -0.3 is 4.98 Å². The van der Waals surface area contributed by atoms with Crippen LogP contribution in [0.1, 0.15) is 39.9 Å². The van der Waals surface area contributed by atoms with Crippen LogP contribution in [0.4, 0.5) is 0 Å². The molecule has 24 heavy (non-hydrogen) atoms. The van der Waals surface area contributed by atoms with Crippen molar-refractivity contribution in [2.45, 2.75) is 19.8 Å². The molecule has 2 aromatic carbocycles. The van der Waals surface area contributed by atoms with E-state index in [4.69, 9.17) is 0 Å². The van der Waals surface area contributed by atoms with Gasteiger partial charge in [0.15, 0.2) is 5.78 Å². The lowest BCUT2D eigenvalue weighted by Crippen LogP contribution is -2.23. The van der Waals surface area contributed by atoms with Crippen molar-refractivity contribution in [2.75, 3.05) is 0 Å². The topological polar surface area (TPSA) is 62.8 Å². The summed E-state index contributed by atoms with van der Waals surface area (Å²) in [5, 5.41) is 0. The Labute approximate surface area is 140 Å². The molecule has 1 N–H and O–H groups in total. The Morgan fingerprint density at radius 1 is 0.917 bits per heavy atom. The van der Waals surface area contributed by atoms with Crippen LogP contribution in [-0.4, -0.2) is 15.8 Å². The number of Topliss-reactive ketones (excluding diaryl/α,β-unsaturated/α-hetero) is 1. The number of carbonyl (C=O) groups is 1. The van der Waals surface area contributed by atoms with Crippen LogP contribution in [0.15, 0.2) is 65.5 Å². The van der Waals surface area contributed by atoms with Gasteiger partial charge in [-0.25, -0.2) is 4.98 Å². The molecule has 0 spiro atoms. The van der Waals surface area contributed by atoms with Crippen LogP contribution < -0.4 is 5.56 Å². The molecule has 4 heteroatoms. The molecule has 4 nitrogen and oxygen atoms in total. The molecule has 0 amide bonds. The van der Waals surface area contributed by atoms with Gasteiger partial charge in [0, 0.05) is 12.8 Å². The summed E-state index contributed by atoms with van der Waals surface area (Å²) in [6, 6.07) is 19.5. The van der Waals surface area contributed by atoms with Gasteiger partial charge in [-0.3, -0.25) is 9.59 Å². The molecule has 0 aliphatic carbocycles. The van der Waals surface area contributed by atoms with Gasteiger partial charge in [0.25, 0.3) is 5.56 Å². The number of nitrogens with zero attached hydrogens (tertiary/aromatic N) is 1. The fourth-order valence-corrected chi connectivity index (χ4v) is 2.72. The number of aromatic nitrogens is 2. The van der Waals surface area contributed by atoms with Crippen molar-refractivity contribution in [3.8, 4) is 0 Å². The van der Waals surface area contributed by atoms with E-state index < -0.39 is 0 Å². The normalized spacial score (nSPS) is 10.5. The minimum atomic E-state index is -0.366. The number of hydrogen-bond acceptors (Lipinski definition) is 3. The van der Waals surface area contributed by atoms with Gasteiger partial charge >= 0.3 is 0 Å². The minimum Gasteiger partial charge on any atom is -0.310 e. The van der Waals surface area contributed by atoms with Crippen LogP contribution in [0.25, 0.3) is 0 Å². The SMILES string of the molecule is CC(=O)c1c(Cc2ccccc2)nc(Cc2ccccc2)[nH]c1=O. The highest BCUT2D eigenvalue weighted by Gasteiger charge is 2.16. The van der Waals surface area contributed by atoms with Gasteiger partial charge in [0.1, 0.15) is 11.4 Å². The van der Waals surface area contributed by atoms with Crippen LogP contribution in [-0.2, 0) is 12.8 Å². The average Bonchev–Trinajstić information content (AvgIpc) is 2.56. The molecule has 1 aromatic heterocycles. The van der Waals surface area contributed by atoms with Crippen molar-refractivity contribution < 1.29 is 4.79 Å². The third-order valence-corrected chi connectivity index (χ3v) is 3.82. The molecular formula is C20H18N2O2. The zero-order chi connectivity index (χ0) is 16.9. The standard InChI is InChI=1S/C20H18N2O2/c1-14(23)19-17(12-15-8-4-2-5-9-15)21-18(22-20(19)24)13-16-10-6-3-7-11-16/h2-11H,12-13H2,1H3,(H,21,22,24). The van der Waals surface area contributed by atoms with Crippen molar-refractivity contribution in [1.29, 1.82) is 0 Å². The average molecular weight is 318 g/mol. The molecule has 0 bridgehead atoms. The summed E-state index contributed by atoms with van der Waals surface area (Å²) in [7, 11) is 0. The molecule has 0 aliphatic heterocycles. The van der Waals surface area contributed by atoms with Crippen LogP contribution in [0.5, 0.6) is 0 Å². The van der Waals surface area contributed by atoms with E-state index >= 15 is 0 Å². The predicted octanol–water partition coefficient (Wildman–Crippen LogP) is 3.15. The second-order valence-corrected chi connectivity index (χ2v) is 5.72. The van der Waals surface area contributed by atoms with Gasteiger partial charge in [-0.2, -0.15) is 0 Å². The molecule has 3 aromatic rings. The quantitative estimate of drug-likeness (QED) is 0.735. The Hall–Kier alpha value is -3.01. The number of benzene rings is 2. The van der Waals surface area contributed by atoms with E-state index in [1.807, 2.05) is 60.7 Å². The van der Waals surface area contributed by atoms with E-state index in [9.17, 15) is 9.59 Å². The van der Waals surface area contributed by atoms with Crippen molar-refractivity contribution >= 4 is 5.78 Å². The third-order valence-electron chi connectivity index (χ3n) is 3.82. The molecule has 0 unspecified atom stereocenters. The number of carbonyl (C=O) groups excluding carboxylic acids is 1. The molecule has 0 radical (unpaired) electrons. The van der Waals surface area contributed by atoms with Gasteiger partial charge in [0.2, 0.25) is 0 Å². The molecule has 3 rings (SSSR count). The fraction of sp³-hybridized carbons (Fsp3) is 0.150. The number of nitrogens with one attached hydrogen (secondary N) is 1. The number of ketones is 1. The Balaban J connectivity index is 2.01. The highest BCUT2D eigenvalue weighted by molar-refractivity contribution is 5.94. The zero-order valence-electron chi connectivity index (χ0n) is 13.5. The maximum absolute atomic E-state index is 12.4. The monoisotopic (exact) mass is 318 g/mol. The Morgan fingerprint density at radius 3 is 2.00 bits per heavy atom. The third kappa shape index (κ3) is 3.66. The number of aromatic amines is 1. The Morgan fingerprint density at radius 2 is 1.46 bits per heavy atom. The lowest BCUT2D eigenvalue weighted by Gasteiger charge is -2.09. The van der Waals surface area contributed by atoms with Gasteiger partial charge in [-0.1, -0.05) is 60.7 Å². The lowest BCUT2D eigenvalue weighted by molar-refractivity contribution is 0.101. The number of hydrogen-bond donors (Lipinski definition) is 1. The second kappa shape index (κ2) is 7.04. The van der Waals surface area contributed by atoms with Gasteiger partial charge in [0.05, 0.1) is 5.69 Å². The zero-order valence-corrected chi connectivity index (χ0v) is 13.5. The summed E-state index contributed by atoms with van der Waals surface area (Å²) in [5.74, 6) is 0.308. The summed E-state index contributed by atoms with van der Waals surface area (Å²) in [6.07, 6.45) is 0.984.